The molecule has 3 amide bonds. The van der Waals surface area contributed by atoms with E-state index in [0.29, 0.717) is 6.07 Å². The number of nitrogens with zero attached hydrogens (tertiary/aromatic N) is 1. The lowest BCUT2D eigenvalue weighted by Crippen LogP contribution is -2.49. The van der Waals surface area contributed by atoms with Crippen molar-refractivity contribution in [3.8, 4) is 0 Å². The van der Waals surface area contributed by atoms with Crippen LogP contribution in [-0.2, 0) is 14.4 Å². The topological polar surface area (TPSA) is 66.5 Å². The lowest BCUT2D eigenvalue weighted by Gasteiger charge is -2.27. The van der Waals surface area contributed by atoms with Gasteiger partial charge in [-0.15, -0.1) is 11.8 Å². The third-order valence-electron chi connectivity index (χ3n) is 2.88. The smallest absolute Gasteiger partial charge is 0.244 e. The molecule has 2 rings (SSSR count). The summed E-state index contributed by atoms with van der Waals surface area (Å²) in [6, 6.07) is 2.70. The largest absolute Gasteiger partial charge is 0.322 e. The minimum Gasteiger partial charge on any atom is -0.322 e. The molecule has 0 aromatic heterocycles. The second-order valence-electron chi connectivity index (χ2n) is 4.44. The van der Waals surface area contributed by atoms with E-state index in [2.05, 4.69) is 5.32 Å². The summed E-state index contributed by atoms with van der Waals surface area (Å²) in [6.07, 6.45) is 0. The molecule has 1 aliphatic rings. The summed E-state index contributed by atoms with van der Waals surface area (Å²) >= 11 is 1.20. The zero-order valence-electron chi connectivity index (χ0n) is 11.1. The molecule has 0 unspecified atom stereocenters. The van der Waals surface area contributed by atoms with Gasteiger partial charge in [-0.1, -0.05) is 0 Å². The van der Waals surface area contributed by atoms with Crippen LogP contribution in [0, 0.1) is 11.6 Å². The Balaban J connectivity index is 2.04. The molecule has 8 heteroatoms. The van der Waals surface area contributed by atoms with Crippen molar-refractivity contribution in [1.29, 1.82) is 0 Å². The number of anilines is 1. The van der Waals surface area contributed by atoms with Gasteiger partial charge in [0.05, 0.1) is 16.7 Å². The Bertz CT molecular complexity index is 609. The second kappa shape index (κ2) is 6.21. The number of benzene rings is 1. The maximum Gasteiger partial charge on any atom is 0.244 e. The fourth-order valence-electron chi connectivity index (χ4n) is 1.78. The molecule has 0 radical (unpaired) electrons. The van der Waals surface area contributed by atoms with Gasteiger partial charge in [-0.05, 0) is 19.1 Å². The number of hydrogen-bond donors (Lipinski definition) is 1. The number of halogens is 2. The van der Waals surface area contributed by atoms with Gasteiger partial charge in [0, 0.05) is 6.07 Å². The van der Waals surface area contributed by atoms with Crippen molar-refractivity contribution in [2.75, 3.05) is 17.6 Å². The van der Waals surface area contributed by atoms with E-state index >= 15 is 0 Å². The van der Waals surface area contributed by atoms with E-state index in [1.165, 1.54) is 11.8 Å². The van der Waals surface area contributed by atoms with Gasteiger partial charge in [0.2, 0.25) is 17.7 Å². The van der Waals surface area contributed by atoms with Gasteiger partial charge in [-0.25, -0.2) is 8.78 Å². The highest BCUT2D eigenvalue weighted by molar-refractivity contribution is 8.01. The zero-order chi connectivity index (χ0) is 15.6. The first-order valence-corrected chi connectivity index (χ1v) is 7.14. The molecule has 112 valence electrons. The fourth-order valence-corrected chi connectivity index (χ4v) is 2.60. The number of rotatable bonds is 3. The maximum atomic E-state index is 13.4. The number of amides is 3. The van der Waals surface area contributed by atoms with E-state index in [1.54, 1.807) is 6.92 Å². The molecule has 1 fully saturated rings. The quantitative estimate of drug-likeness (QED) is 0.856. The van der Waals surface area contributed by atoms with Gasteiger partial charge >= 0.3 is 0 Å². The molecule has 21 heavy (non-hydrogen) atoms. The molecule has 0 saturated carbocycles. The number of thioether (sulfide) groups is 1. The predicted octanol–water partition coefficient (Wildman–Crippen LogP) is 1.39. The number of carbonyl (C=O) groups is 3. The predicted molar refractivity (Wildman–Crippen MR) is 73.6 cm³/mol. The van der Waals surface area contributed by atoms with Crippen LogP contribution in [0.25, 0.3) is 0 Å². The molecule has 0 aliphatic carbocycles. The summed E-state index contributed by atoms with van der Waals surface area (Å²) in [5.41, 5.74) is -0.208. The standard InChI is InChI=1S/C13H12F2N2O3S/c1-7-13(20)17(12(19)6-21-7)5-11(18)16-10-3-2-8(14)4-9(10)15/h2-4,7H,5-6H2,1H3,(H,16,18)/t7-/m1/s1. The Morgan fingerprint density at radius 3 is 2.81 bits per heavy atom. The van der Waals surface area contributed by atoms with Crippen LogP contribution in [0.15, 0.2) is 18.2 Å². The highest BCUT2D eigenvalue weighted by Crippen LogP contribution is 2.20. The summed E-state index contributed by atoms with van der Waals surface area (Å²) in [4.78, 5) is 36.1. The summed E-state index contributed by atoms with van der Waals surface area (Å²) in [5.74, 6) is -3.21. The Hall–Kier alpha value is -1.96. The summed E-state index contributed by atoms with van der Waals surface area (Å²) in [5, 5.41) is 1.80. The van der Waals surface area contributed by atoms with Crippen molar-refractivity contribution in [1.82, 2.24) is 4.90 Å². The summed E-state index contributed by atoms with van der Waals surface area (Å²) in [6.45, 7) is 1.16. The van der Waals surface area contributed by atoms with Crippen molar-refractivity contribution in [3.05, 3.63) is 29.8 Å². The van der Waals surface area contributed by atoms with Crippen molar-refractivity contribution < 1.29 is 23.2 Å². The minimum absolute atomic E-state index is 0.116. The zero-order valence-corrected chi connectivity index (χ0v) is 11.9. The fraction of sp³-hybridized carbons (Fsp3) is 0.308. The molecule has 1 aliphatic heterocycles. The Kier molecular flexibility index (Phi) is 4.56. The Labute approximate surface area is 123 Å². The molecule has 1 aromatic carbocycles. The molecule has 5 nitrogen and oxygen atoms in total. The van der Waals surface area contributed by atoms with E-state index in [9.17, 15) is 23.2 Å². The first kappa shape index (κ1) is 15.4. The van der Waals surface area contributed by atoms with E-state index in [4.69, 9.17) is 0 Å². The molecule has 1 N–H and O–H groups in total. The van der Waals surface area contributed by atoms with E-state index in [0.717, 1.165) is 17.0 Å². The van der Waals surface area contributed by atoms with Gasteiger partial charge < -0.3 is 5.32 Å². The van der Waals surface area contributed by atoms with Gasteiger partial charge in [-0.3, -0.25) is 19.3 Å². The lowest BCUT2D eigenvalue weighted by molar-refractivity contribution is -0.145. The lowest BCUT2D eigenvalue weighted by atomic mass is 10.3. The maximum absolute atomic E-state index is 13.4. The Morgan fingerprint density at radius 2 is 2.14 bits per heavy atom. The highest BCUT2D eigenvalue weighted by Gasteiger charge is 2.33. The van der Waals surface area contributed by atoms with Gasteiger partial charge in [0.25, 0.3) is 0 Å². The molecular weight excluding hydrogens is 302 g/mol. The number of nitrogens with one attached hydrogen (secondary N) is 1. The van der Waals surface area contributed by atoms with Gasteiger partial charge in [-0.2, -0.15) is 0 Å². The molecule has 1 saturated heterocycles. The first-order chi connectivity index (χ1) is 9.88. The van der Waals surface area contributed by atoms with Crippen LogP contribution in [0.1, 0.15) is 6.92 Å². The number of imide groups is 1. The monoisotopic (exact) mass is 314 g/mol. The molecule has 0 bridgehead atoms. The normalized spacial score (nSPS) is 18.8. The van der Waals surface area contributed by atoms with E-state index < -0.39 is 41.2 Å². The van der Waals surface area contributed by atoms with Crippen molar-refractivity contribution in [3.63, 3.8) is 0 Å². The van der Waals surface area contributed by atoms with Crippen molar-refractivity contribution in [2.45, 2.75) is 12.2 Å². The molecular formula is C13H12F2N2O3S. The number of hydrogen-bond acceptors (Lipinski definition) is 4. The van der Waals surface area contributed by atoms with Crippen LogP contribution in [-0.4, -0.2) is 40.2 Å². The van der Waals surface area contributed by atoms with Crippen LogP contribution in [0.2, 0.25) is 0 Å². The van der Waals surface area contributed by atoms with Gasteiger partial charge in [0.1, 0.15) is 18.2 Å². The van der Waals surface area contributed by atoms with Gasteiger partial charge in [0.15, 0.2) is 0 Å². The van der Waals surface area contributed by atoms with Crippen molar-refractivity contribution in [2.24, 2.45) is 0 Å². The van der Waals surface area contributed by atoms with Crippen LogP contribution < -0.4 is 5.32 Å². The van der Waals surface area contributed by atoms with Crippen LogP contribution >= 0.6 is 11.8 Å². The molecule has 1 aromatic rings. The summed E-state index contributed by atoms with van der Waals surface area (Å²) < 4.78 is 26.1. The minimum atomic E-state index is -0.927. The Morgan fingerprint density at radius 1 is 1.43 bits per heavy atom. The second-order valence-corrected chi connectivity index (χ2v) is 5.77. The van der Waals surface area contributed by atoms with E-state index in [1.807, 2.05) is 0 Å². The van der Waals surface area contributed by atoms with E-state index in [-0.39, 0.29) is 11.4 Å². The average molecular weight is 314 g/mol. The first-order valence-electron chi connectivity index (χ1n) is 6.09. The third-order valence-corrected chi connectivity index (χ3v) is 3.99. The molecule has 0 spiro atoms. The van der Waals surface area contributed by atoms with Crippen LogP contribution in [0.3, 0.4) is 0 Å². The highest BCUT2D eigenvalue weighted by atomic mass is 32.2. The molecule has 1 heterocycles. The third kappa shape index (κ3) is 3.57. The van der Waals surface area contributed by atoms with Crippen molar-refractivity contribution >= 4 is 35.2 Å². The molecule has 1 atom stereocenters. The average Bonchev–Trinajstić information content (AvgIpc) is 2.42. The van der Waals surface area contributed by atoms with Crippen LogP contribution in [0.5, 0.6) is 0 Å². The summed E-state index contributed by atoms with van der Waals surface area (Å²) in [7, 11) is 0. The van der Waals surface area contributed by atoms with Crippen LogP contribution in [0.4, 0.5) is 14.5 Å². The SMILES string of the molecule is C[C@H]1SCC(=O)N(CC(=O)Nc2ccc(F)cc2F)C1=O. The number of carbonyl (C=O) groups excluding carboxylic acids is 3.